The third-order valence-corrected chi connectivity index (χ3v) is 11.7. The standard InChI is InChI=1S/C41H33ClFN3O9/c1-54-26-17-31(47)34(32(18-26)55-2)35-27-14-15-28-33(38(50)45(36(28)48)25-5-3-4-20(16-25)39(51)52)29(27)19-30-37(49)46(44-24-12-10-23(43)11-13-24)40(53)41(30,35)21-6-8-22(42)9-7-21/h3-14,16-18,28-30,33,35,44,47H,15,19H2,1-2H3,(H,51,52). The van der Waals surface area contributed by atoms with Gasteiger partial charge in [0.25, 0.3) is 11.8 Å². The molecule has 2 aliphatic heterocycles. The molecule has 4 aliphatic rings. The van der Waals surface area contributed by atoms with Crippen LogP contribution < -0.4 is 19.8 Å². The number of anilines is 2. The van der Waals surface area contributed by atoms with Gasteiger partial charge >= 0.3 is 5.97 Å². The summed E-state index contributed by atoms with van der Waals surface area (Å²) in [5.41, 5.74) is 2.45. The number of methoxy groups -OCH3 is 2. The molecule has 3 fully saturated rings. The molecular weight excluding hydrogens is 733 g/mol. The van der Waals surface area contributed by atoms with E-state index in [0.717, 1.165) is 9.91 Å². The maximum Gasteiger partial charge on any atom is 0.335 e. The van der Waals surface area contributed by atoms with Crippen molar-refractivity contribution in [3.05, 3.63) is 124 Å². The zero-order valence-electron chi connectivity index (χ0n) is 29.4. The number of carboxylic acids is 1. The van der Waals surface area contributed by atoms with Crippen LogP contribution in [0, 0.1) is 29.5 Å². The van der Waals surface area contributed by atoms with E-state index in [9.17, 15) is 33.8 Å². The fourth-order valence-electron chi connectivity index (χ4n) is 9.17. The predicted molar refractivity (Wildman–Crippen MR) is 196 cm³/mol. The summed E-state index contributed by atoms with van der Waals surface area (Å²) in [6.45, 7) is 0. The van der Waals surface area contributed by atoms with Crippen molar-refractivity contribution in [2.75, 3.05) is 24.5 Å². The summed E-state index contributed by atoms with van der Waals surface area (Å²) in [5, 5.41) is 22.8. The van der Waals surface area contributed by atoms with Crippen LogP contribution in [0.5, 0.6) is 17.2 Å². The molecule has 4 amide bonds. The molecule has 14 heteroatoms. The number of halogens is 2. The third kappa shape index (κ3) is 5.36. The number of imide groups is 2. The first-order valence-corrected chi connectivity index (χ1v) is 17.8. The summed E-state index contributed by atoms with van der Waals surface area (Å²) in [5.74, 6) is -9.07. The maximum absolute atomic E-state index is 15.4. The number of phenolic OH excluding ortho intramolecular Hbond substituents is 1. The topological polar surface area (TPSA) is 163 Å². The van der Waals surface area contributed by atoms with Crippen LogP contribution in [0.4, 0.5) is 15.8 Å². The van der Waals surface area contributed by atoms with Gasteiger partial charge in [-0.1, -0.05) is 41.4 Å². The van der Waals surface area contributed by atoms with Crippen molar-refractivity contribution < 1.29 is 48.0 Å². The van der Waals surface area contributed by atoms with Gasteiger partial charge in [-0.15, -0.1) is 0 Å². The summed E-state index contributed by atoms with van der Waals surface area (Å²) in [6.07, 6.45) is 1.83. The van der Waals surface area contributed by atoms with Gasteiger partial charge in [-0.25, -0.2) is 9.18 Å². The Morgan fingerprint density at radius 1 is 0.909 bits per heavy atom. The molecule has 1 saturated carbocycles. The normalized spacial score (nSPS) is 25.6. The molecule has 2 saturated heterocycles. The smallest absolute Gasteiger partial charge is 0.335 e. The molecule has 3 N–H and O–H groups in total. The van der Waals surface area contributed by atoms with Crippen LogP contribution in [-0.4, -0.2) is 59.0 Å². The maximum atomic E-state index is 15.4. The second-order valence-corrected chi connectivity index (χ2v) is 14.4. The Morgan fingerprint density at radius 3 is 2.31 bits per heavy atom. The predicted octanol–water partition coefficient (Wildman–Crippen LogP) is 6.09. The Balaban J connectivity index is 1.35. The van der Waals surface area contributed by atoms with Crippen LogP contribution in [0.3, 0.4) is 0 Å². The quantitative estimate of drug-likeness (QED) is 0.141. The van der Waals surface area contributed by atoms with E-state index >= 15 is 4.79 Å². The highest BCUT2D eigenvalue weighted by Crippen LogP contribution is 2.66. The molecular formula is C41H33ClFN3O9. The number of carbonyl (C=O) groups excluding carboxylic acids is 4. The molecule has 8 rings (SSSR count). The second-order valence-electron chi connectivity index (χ2n) is 14.0. The summed E-state index contributed by atoms with van der Waals surface area (Å²) >= 11 is 6.36. The molecule has 4 aromatic rings. The van der Waals surface area contributed by atoms with E-state index in [2.05, 4.69) is 5.43 Å². The van der Waals surface area contributed by atoms with Gasteiger partial charge in [0.2, 0.25) is 11.8 Å². The Morgan fingerprint density at radius 2 is 1.64 bits per heavy atom. The number of benzene rings is 4. The average molecular weight is 766 g/mol. The number of carboxylic acid groups (broad SMARTS) is 1. The van der Waals surface area contributed by atoms with Gasteiger partial charge in [0, 0.05) is 28.6 Å². The van der Waals surface area contributed by atoms with E-state index in [1.165, 1.54) is 68.8 Å². The fraction of sp³-hybridized carbons (Fsp3) is 0.244. The van der Waals surface area contributed by atoms with Crippen LogP contribution in [0.15, 0.2) is 96.6 Å². The largest absolute Gasteiger partial charge is 0.507 e. The Kier molecular flexibility index (Phi) is 8.64. The summed E-state index contributed by atoms with van der Waals surface area (Å²) < 4.78 is 25.2. The minimum atomic E-state index is -1.77. The Labute approximate surface area is 318 Å². The molecule has 2 aliphatic carbocycles. The van der Waals surface area contributed by atoms with Crippen molar-refractivity contribution in [1.29, 1.82) is 0 Å². The number of aromatic carboxylic acids is 1. The number of phenols is 1. The SMILES string of the molecule is COc1cc(O)c(C2C3=CCC4C(=O)N(c5cccc(C(=O)O)c5)C(=O)C4C3CC3C(=O)N(Nc4ccc(F)cc4)C(=O)C32c2ccc(Cl)cc2)c(OC)c1. The Bertz CT molecular complexity index is 2330. The van der Waals surface area contributed by atoms with Gasteiger partial charge in [0.1, 0.15) is 23.1 Å². The number of fused-ring (bicyclic) bond motifs is 4. The number of rotatable bonds is 8. The molecule has 4 aromatic carbocycles. The first kappa shape index (κ1) is 35.8. The molecule has 12 nitrogen and oxygen atoms in total. The Hall–Kier alpha value is -6.21. The van der Waals surface area contributed by atoms with Crippen LogP contribution >= 0.6 is 11.6 Å². The van der Waals surface area contributed by atoms with Crippen LogP contribution in [0.25, 0.3) is 0 Å². The summed E-state index contributed by atoms with van der Waals surface area (Å²) in [6, 6.07) is 20.1. The van der Waals surface area contributed by atoms with E-state index in [0.29, 0.717) is 16.2 Å². The van der Waals surface area contributed by atoms with Gasteiger partial charge in [-0.2, -0.15) is 5.01 Å². The molecule has 280 valence electrons. The first-order chi connectivity index (χ1) is 26.4. The lowest BCUT2D eigenvalue weighted by atomic mass is 9.49. The number of hydrazine groups is 1. The van der Waals surface area contributed by atoms with E-state index in [4.69, 9.17) is 21.1 Å². The minimum Gasteiger partial charge on any atom is -0.507 e. The first-order valence-electron chi connectivity index (χ1n) is 17.4. The number of nitrogens with zero attached hydrogens (tertiary/aromatic N) is 2. The van der Waals surface area contributed by atoms with Crippen LogP contribution in [0.2, 0.25) is 5.02 Å². The highest BCUT2D eigenvalue weighted by atomic mass is 35.5. The number of allylic oxidation sites excluding steroid dienone is 2. The van der Waals surface area contributed by atoms with Gasteiger partial charge in [-0.3, -0.25) is 29.5 Å². The molecule has 0 radical (unpaired) electrons. The lowest BCUT2D eigenvalue weighted by molar-refractivity contribution is -0.138. The lowest BCUT2D eigenvalue weighted by Gasteiger charge is -2.50. The monoisotopic (exact) mass is 765 g/mol. The van der Waals surface area contributed by atoms with Gasteiger partial charge < -0.3 is 19.7 Å². The summed E-state index contributed by atoms with van der Waals surface area (Å²) in [4.78, 5) is 71.8. The number of ether oxygens (including phenoxy) is 2. The van der Waals surface area contributed by atoms with Crippen molar-refractivity contribution in [3.8, 4) is 17.2 Å². The van der Waals surface area contributed by atoms with Gasteiger partial charge in [-0.05, 0) is 78.9 Å². The zero-order chi connectivity index (χ0) is 38.9. The summed E-state index contributed by atoms with van der Waals surface area (Å²) in [7, 11) is 2.81. The molecule has 6 atom stereocenters. The zero-order valence-corrected chi connectivity index (χ0v) is 30.1. The molecule has 55 heavy (non-hydrogen) atoms. The number of amides is 4. The number of hydrogen-bond donors (Lipinski definition) is 3. The van der Waals surface area contributed by atoms with Crippen molar-refractivity contribution in [2.45, 2.75) is 24.2 Å². The number of aromatic hydroxyl groups is 1. The molecule has 0 bridgehead atoms. The van der Waals surface area contributed by atoms with Crippen LogP contribution in [-0.2, 0) is 24.6 Å². The number of carbonyl (C=O) groups is 5. The van der Waals surface area contributed by atoms with Crippen LogP contribution in [0.1, 0.15) is 40.2 Å². The molecule has 0 aromatic heterocycles. The number of nitrogens with one attached hydrogen (secondary N) is 1. The van der Waals surface area contributed by atoms with Crippen molar-refractivity contribution in [3.63, 3.8) is 0 Å². The lowest BCUT2D eigenvalue weighted by Crippen LogP contribution is -2.53. The van der Waals surface area contributed by atoms with Crippen molar-refractivity contribution in [2.24, 2.45) is 23.7 Å². The average Bonchev–Trinajstić information content (AvgIpc) is 3.56. The minimum absolute atomic E-state index is 0.0560. The molecule has 0 spiro atoms. The van der Waals surface area contributed by atoms with Crippen molar-refractivity contribution >= 4 is 52.6 Å². The molecule has 2 heterocycles. The van der Waals surface area contributed by atoms with Gasteiger partial charge in [0.15, 0.2) is 0 Å². The van der Waals surface area contributed by atoms with E-state index < -0.39 is 70.4 Å². The molecule has 6 unspecified atom stereocenters. The highest BCUT2D eigenvalue weighted by molar-refractivity contribution is 6.30. The highest BCUT2D eigenvalue weighted by Gasteiger charge is 2.71. The van der Waals surface area contributed by atoms with E-state index in [-0.39, 0.29) is 52.6 Å². The van der Waals surface area contributed by atoms with E-state index in [1.807, 2.05) is 6.08 Å². The number of hydrogen-bond acceptors (Lipinski definition) is 9. The second kappa shape index (κ2) is 13.3. The van der Waals surface area contributed by atoms with Crippen molar-refractivity contribution in [1.82, 2.24) is 5.01 Å². The fourth-order valence-corrected chi connectivity index (χ4v) is 9.29. The van der Waals surface area contributed by atoms with E-state index in [1.54, 1.807) is 30.3 Å². The third-order valence-electron chi connectivity index (χ3n) is 11.4. The van der Waals surface area contributed by atoms with Gasteiger partial charge in [0.05, 0.1) is 54.3 Å².